The molecule has 2 aromatic heterocycles. The monoisotopic (exact) mass is 303 g/mol. The fourth-order valence-electron chi connectivity index (χ4n) is 2.90. The molecule has 112 valence electrons. The normalized spacial score (nSPS) is 15.1. The van der Waals surface area contributed by atoms with Crippen LogP contribution < -0.4 is 11.1 Å². The predicted octanol–water partition coefficient (Wildman–Crippen LogP) is 3.42. The summed E-state index contributed by atoms with van der Waals surface area (Å²) in [6.45, 7) is 4.64. The van der Waals surface area contributed by atoms with E-state index in [4.69, 9.17) is 5.73 Å². The van der Waals surface area contributed by atoms with Crippen LogP contribution >= 0.6 is 11.3 Å². The lowest BCUT2D eigenvalue weighted by Gasteiger charge is -2.25. The minimum atomic E-state index is -0.0509. The van der Waals surface area contributed by atoms with Crippen LogP contribution in [0.4, 0.5) is 5.69 Å². The van der Waals surface area contributed by atoms with Crippen molar-refractivity contribution in [3.8, 4) is 0 Å². The van der Waals surface area contributed by atoms with Crippen LogP contribution in [0.1, 0.15) is 46.7 Å². The third kappa shape index (κ3) is 2.75. The summed E-state index contributed by atoms with van der Waals surface area (Å²) < 4.78 is 1.04. The van der Waals surface area contributed by atoms with Crippen molar-refractivity contribution in [1.82, 2.24) is 10.3 Å². The average molecular weight is 303 g/mol. The minimum absolute atomic E-state index is 0.0509. The molecule has 1 aliphatic carbocycles. The summed E-state index contributed by atoms with van der Waals surface area (Å²) in [5.74, 6) is 0.754. The molecule has 3 N–H and O–H groups in total. The van der Waals surface area contributed by atoms with Crippen molar-refractivity contribution in [3.63, 3.8) is 0 Å². The summed E-state index contributed by atoms with van der Waals surface area (Å²) in [6, 6.07) is 1.99. The number of carbonyl (C=O) groups excluding carboxylic acids is 1. The molecule has 4 nitrogen and oxygen atoms in total. The van der Waals surface area contributed by atoms with Gasteiger partial charge in [-0.05, 0) is 32.3 Å². The van der Waals surface area contributed by atoms with Gasteiger partial charge in [-0.15, -0.1) is 11.3 Å². The van der Waals surface area contributed by atoms with Crippen LogP contribution in [-0.2, 0) is 0 Å². The highest BCUT2D eigenvalue weighted by atomic mass is 32.1. The summed E-state index contributed by atoms with van der Waals surface area (Å²) in [4.78, 5) is 17.4. The zero-order valence-electron chi connectivity index (χ0n) is 12.5. The molecule has 1 aliphatic rings. The van der Waals surface area contributed by atoms with Crippen LogP contribution in [0.3, 0.4) is 0 Å². The summed E-state index contributed by atoms with van der Waals surface area (Å²) >= 11 is 1.46. The Morgan fingerprint density at radius 1 is 1.48 bits per heavy atom. The molecule has 1 amide bonds. The van der Waals surface area contributed by atoms with E-state index in [0.717, 1.165) is 40.4 Å². The molecule has 0 aromatic carbocycles. The van der Waals surface area contributed by atoms with Gasteiger partial charge >= 0.3 is 0 Å². The fourth-order valence-corrected chi connectivity index (χ4v) is 4.09. The second kappa shape index (κ2) is 5.64. The van der Waals surface area contributed by atoms with Gasteiger partial charge in [0.15, 0.2) is 0 Å². The molecule has 5 heteroatoms. The number of thiophene rings is 1. The van der Waals surface area contributed by atoms with Crippen LogP contribution in [0.25, 0.3) is 10.1 Å². The number of aromatic nitrogens is 1. The van der Waals surface area contributed by atoms with Crippen LogP contribution in [0, 0.1) is 19.8 Å². The van der Waals surface area contributed by atoms with Crippen LogP contribution in [-0.4, -0.2) is 17.4 Å². The first-order chi connectivity index (χ1) is 10.1. The largest absolute Gasteiger partial charge is 0.397 e. The molecular weight excluding hydrogens is 282 g/mol. The number of nitrogens with two attached hydrogens (primary N) is 1. The Morgan fingerprint density at radius 2 is 2.24 bits per heavy atom. The summed E-state index contributed by atoms with van der Waals surface area (Å²) in [5.41, 5.74) is 8.59. The van der Waals surface area contributed by atoms with Gasteiger partial charge in [0.25, 0.3) is 5.91 Å². The molecule has 1 fully saturated rings. The fraction of sp³-hybridized carbons (Fsp3) is 0.500. The third-order valence-corrected chi connectivity index (χ3v) is 5.44. The predicted molar refractivity (Wildman–Crippen MR) is 87.8 cm³/mol. The quantitative estimate of drug-likeness (QED) is 0.909. The summed E-state index contributed by atoms with van der Waals surface area (Å²) in [7, 11) is 0. The molecular formula is C16H21N3OS. The molecule has 0 aliphatic heterocycles. The van der Waals surface area contributed by atoms with E-state index in [1.807, 2.05) is 19.9 Å². The van der Waals surface area contributed by atoms with Gasteiger partial charge in [-0.25, -0.2) is 0 Å². The number of nitrogens with zero attached hydrogens (tertiary/aromatic N) is 1. The molecule has 0 radical (unpaired) electrons. The summed E-state index contributed by atoms with van der Waals surface area (Å²) in [6.07, 6.45) is 5.04. The number of nitrogens with one attached hydrogen (secondary N) is 1. The molecule has 0 atom stereocenters. The summed E-state index contributed by atoms with van der Waals surface area (Å²) in [5, 5.41) is 3.93. The number of hydrogen-bond acceptors (Lipinski definition) is 4. The molecule has 2 heterocycles. The third-order valence-electron chi connectivity index (χ3n) is 4.29. The van der Waals surface area contributed by atoms with E-state index >= 15 is 0 Å². The Hall–Kier alpha value is -1.62. The first kappa shape index (κ1) is 14.3. The minimum Gasteiger partial charge on any atom is -0.397 e. The topological polar surface area (TPSA) is 68.0 Å². The lowest BCUT2D eigenvalue weighted by molar-refractivity contribution is 0.0954. The van der Waals surface area contributed by atoms with E-state index in [2.05, 4.69) is 10.3 Å². The number of pyridine rings is 1. The van der Waals surface area contributed by atoms with Gasteiger partial charge in [-0.1, -0.05) is 19.3 Å². The molecule has 1 saturated carbocycles. The zero-order valence-corrected chi connectivity index (χ0v) is 13.3. The highest BCUT2D eigenvalue weighted by Gasteiger charge is 2.20. The van der Waals surface area contributed by atoms with Crippen molar-refractivity contribution in [2.75, 3.05) is 12.3 Å². The molecule has 0 unspecified atom stereocenters. The van der Waals surface area contributed by atoms with Gasteiger partial charge in [0.1, 0.15) is 4.88 Å². The Bertz CT molecular complexity index is 688. The van der Waals surface area contributed by atoms with E-state index in [9.17, 15) is 4.79 Å². The molecule has 0 saturated heterocycles. The Labute approximate surface area is 128 Å². The van der Waals surface area contributed by atoms with Crippen LogP contribution in [0.2, 0.25) is 0 Å². The second-order valence-corrected chi connectivity index (χ2v) is 6.96. The number of carbonyl (C=O) groups is 1. The zero-order chi connectivity index (χ0) is 15.0. The van der Waals surface area contributed by atoms with E-state index in [1.54, 1.807) is 0 Å². The number of nitrogen functional groups attached to an aromatic ring is 1. The van der Waals surface area contributed by atoms with Gasteiger partial charge in [0, 0.05) is 28.0 Å². The molecule has 3 rings (SSSR count). The highest BCUT2D eigenvalue weighted by molar-refractivity contribution is 7.21. The molecule has 0 bridgehead atoms. The van der Waals surface area contributed by atoms with Gasteiger partial charge in [-0.3, -0.25) is 9.78 Å². The number of fused-ring (bicyclic) bond motifs is 1. The van der Waals surface area contributed by atoms with E-state index in [1.165, 1.54) is 30.6 Å². The SMILES string of the molecule is Cc1cc2sc(C(=O)NCCC3CCC3)c(N)c2c(C)n1. The first-order valence-corrected chi connectivity index (χ1v) is 8.32. The average Bonchev–Trinajstić information content (AvgIpc) is 2.69. The number of amides is 1. The maximum Gasteiger partial charge on any atom is 0.263 e. The van der Waals surface area contributed by atoms with Crippen molar-refractivity contribution < 1.29 is 4.79 Å². The number of anilines is 1. The second-order valence-electron chi connectivity index (χ2n) is 5.91. The van der Waals surface area contributed by atoms with Gasteiger partial charge < -0.3 is 11.1 Å². The Morgan fingerprint density at radius 3 is 2.90 bits per heavy atom. The lowest BCUT2D eigenvalue weighted by Crippen LogP contribution is -2.27. The number of aryl methyl sites for hydroxylation is 2. The maximum atomic E-state index is 12.3. The molecule has 21 heavy (non-hydrogen) atoms. The number of hydrogen-bond donors (Lipinski definition) is 2. The van der Waals surface area contributed by atoms with Crippen LogP contribution in [0.5, 0.6) is 0 Å². The van der Waals surface area contributed by atoms with E-state index < -0.39 is 0 Å². The molecule has 0 spiro atoms. The Balaban J connectivity index is 1.77. The van der Waals surface area contributed by atoms with Crippen molar-refractivity contribution in [2.45, 2.75) is 39.5 Å². The van der Waals surface area contributed by atoms with Gasteiger partial charge in [0.2, 0.25) is 0 Å². The van der Waals surface area contributed by atoms with Crippen LogP contribution in [0.15, 0.2) is 6.07 Å². The van der Waals surface area contributed by atoms with Crippen molar-refractivity contribution in [1.29, 1.82) is 0 Å². The first-order valence-electron chi connectivity index (χ1n) is 7.50. The Kier molecular flexibility index (Phi) is 3.85. The van der Waals surface area contributed by atoms with Gasteiger partial charge in [-0.2, -0.15) is 0 Å². The van der Waals surface area contributed by atoms with Crippen molar-refractivity contribution in [2.24, 2.45) is 5.92 Å². The van der Waals surface area contributed by atoms with Crippen molar-refractivity contribution in [3.05, 3.63) is 22.3 Å². The van der Waals surface area contributed by atoms with E-state index in [0.29, 0.717) is 10.6 Å². The molecule has 2 aromatic rings. The highest BCUT2D eigenvalue weighted by Crippen LogP contribution is 2.35. The van der Waals surface area contributed by atoms with Crippen molar-refractivity contribution >= 4 is 33.0 Å². The van der Waals surface area contributed by atoms with Gasteiger partial charge in [0.05, 0.1) is 5.69 Å². The number of rotatable bonds is 4. The van der Waals surface area contributed by atoms with E-state index in [-0.39, 0.29) is 5.91 Å². The smallest absolute Gasteiger partial charge is 0.263 e. The maximum absolute atomic E-state index is 12.3. The standard InChI is InChI=1S/C16H21N3OS/c1-9-8-12-13(10(2)19-9)14(17)15(21-12)16(20)18-7-6-11-4-3-5-11/h8,11H,3-7,17H2,1-2H3,(H,18,20). The lowest BCUT2D eigenvalue weighted by atomic mass is 9.83.